The van der Waals surface area contributed by atoms with E-state index < -0.39 is 0 Å². The van der Waals surface area contributed by atoms with Crippen molar-refractivity contribution in [2.24, 2.45) is 0 Å². The van der Waals surface area contributed by atoms with Gasteiger partial charge in [-0.3, -0.25) is 0 Å². The van der Waals surface area contributed by atoms with E-state index in [0.29, 0.717) is 0 Å². The largest absolute Gasteiger partial charge is 0.310 e. The lowest BCUT2D eigenvalue weighted by Crippen LogP contribution is -2.10. The number of nitrogens with zero attached hydrogens (tertiary/aromatic N) is 2. The molecule has 1 aromatic heterocycles. The molecule has 0 bridgehead atoms. The van der Waals surface area contributed by atoms with Crippen LogP contribution in [0.25, 0.3) is 104 Å². The number of fused-ring (bicyclic) bond motifs is 9. The number of hydrogen-bond acceptors (Lipinski definition) is 1. The van der Waals surface area contributed by atoms with Crippen LogP contribution in [-0.4, -0.2) is 4.57 Å². The van der Waals surface area contributed by atoms with Crippen molar-refractivity contribution in [3.63, 3.8) is 0 Å². The Kier molecular flexibility index (Phi) is 8.89. The molecule has 308 valence electrons. The molecule has 0 radical (unpaired) electrons. The summed E-state index contributed by atoms with van der Waals surface area (Å²) in [5, 5.41) is 12.6. The second kappa shape index (κ2) is 15.5. The summed E-state index contributed by atoms with van der Waals surface area (Å²) in [4.78, 5) is 2.40. The van der Waals surface area contributed by atoms with Gasteiger partial charge in [0.2, 0.25) is 0 Å². The predicted molar refractivity (Wildman–Crippen MR) is 282 cm³/mol. The molecular weight excluding hydrogens is 797 g/mol. The number of anilines is 3. The molecule has 13 aromatic rings. The van der Waals surface area contributed by atoms with E-state index in [9.17, 15) is 0 Å². The van der Waals surface area contributed by atoms with Gasteiger partial charge in [-0.2, -0.15) is 0 Å². The summed E-state index contributed by atoms with van der Waals surface area (Å²) >= 11 is 0. The lowest BCUT2D eigenvalue weighted by molar-refractivity contribution is 1.18. The Morgan fingerprint density at radius 3 is 1.64 bits per heavy atom. The average Bonchev–Trinajstić information content (AvgIpc) is 3.74. The summed E-state index contributed by atoms with van der Waals surface area (Å²) in [6, 6.07) is 93.3. The Labute approximate surface area is 383 Å². The highest BCUT2D eigenvalue weighted by Gasteiger charge is 2.20. The molecule has 0 fully saturated rings. The summed E-state index contributed by atoms with van der Waals surface area (Å²) in [6.45, 7) is 0. The maximum absolute atomic E-state index is 2.42. The van der Waals surface area contributed by atoms with Crippen molar-refractivity contribution >= 4 is 82.0 Å². The van der Waals surface area contributed by atoms with E-state index in [0.717, 1.165) is 28.3 Å². The first-order valence-corrected chi connectivity index (χ1v) is 22.7. The van der Waals surface area contributed by atoms with Gasteiger partial charge in [-0.1, -0.05) is 182 Å². The normalized spacial score (nSPS) is 11.6. The molecule has 0 aliphatic rings. The molecule has 0 unspecified atom stereocenters. The van der Waals surface area contributed by atoms with Gasteiger partial charge < -0.3 is 9.47 Å². The molecule has 0 saturated carbocycles. The van der Waals surface area contributed by atoms with Gasteiger partial charge in [-0.05, 0) is 149 Å². The average molecular weight is 839 g/mol. The van der Waals surface area contributed by atoms with Gasteiger partial charge in [-0.15, -0.1) is 0 Å². The van der Waals surface area contributed by atoms with Crippen molar-refractivity contribution in [1.29, 1.82) is 0 Å². The molecule has 13 rings (SSSR count). The lowest BCUT2D eigenvalue weighted by Gasteiger charge is -2.26. The molecule has 0 amide bonds. The van der Waals surface area contributed by atoms with E-state index in [4.69, 9.17) is 0 Å². The van der Waals surface area contributed by atoms with E-state index in [1.807, 2.05) is 0 Å². The lowest BCUT2D eigenvalue weighted by atomic mass is 9.93. The predicted octanol–water partition coefficient (Wildman–Crippen LogP) is 17.9. The fourth-order valence-electron chi connectivity index (χ4n) is 10.4. The van der Waals surface area contributed by atoms with E-state index in [2.05, 4.69) is 264 Å². The number of para-hydroxylation sites is 1. The highest BCUT2D eigenvalue weighted by Crippen LogP contribution is 2.45. The number of aromatic nitrogens is 1. The number of rotatable bonds is 7. The minimum Gasteiger partial charge on any atom is -0.310 e. The Morgan fingerprint density at radius 2 is 0.848 bits per heavy atom. The van der Waals surface area contributed by atoms with Gasteiger partial charge in [0.1, 0.15) is 0 Å². The second-order valence-corrected chi connectivity index (χ2v) is 17.3. The molecule has 12 aromatic carbocycles. The van der Waals surface area contributed by atoms with Crippen molar-refractivity contribution in [3.8, 4) is 39.1 Å². The topological polar surface area (TPSA) is 8.17 Å². The van der Waals surface area contributed by atoms with E-state index >= 15 is 0 Å². The molecule has 66 heavy (non-hydrogen) atoms. The highest BCUT2D eigenvalue weighted by molar-refractivity contribution is 6.25. The molecule has 0 saturated heterocycles. The fourth-order valence-corrected chi connectivity index (χ4v) is 10.4. The zero-order chi connectivity index (χ0) is 43.6. The Bertz CT molecular complexity index is 3970. The molecule has 2 nitrogen and oxygen atoms in total. The van der Waals surface area contributed by atoms with Crippen LogP contribution in [0.3, 0.4) is 0 Å². The van der Waals surface area contributed by atoms with Crippen molar-refractivity contribution in [2.45, 2.75) is 0 Å². The third-order valence-electron chi connectivity index (χ3n) is 13.5. The molecular formula is C64H42N2. The van der Waals surface area contributed by atoms with Gasteiger partial charge in [0.25, 0.3) is 0 Å². The van der Waals surface area contributed by atoms with E-state index in [-0.39, 0.29) is 0 Å². The maximum Gasteiger partial charge on any atom is 0.0547 e. The zero-order valence-corrected chi connectivity index (χ0v) is 36.1. The summed E-state index contributed by atoms with van der Waals surface area (Å²) < 4.78 is 2.42. The van der Waals surface area contributed by atoms with Crippen molar-refractivity contribution in [1.82, 2.24) is 4.57 Å². The van der Waals surface area contributed by atoms with Gasteiger partial charge in [0, 0.05) is 33.5 Å². The van der Waals surface area contributed by atoms with Gasteiger partial charge in [0.15, 0.2) is 0 Å². The van der Waals surface area contributed by atoms with Crippen LogP contribution in [-0.2, 0) is 0 Å². The molecule has 0 atom stereocenters. The van der Waals surface area contributed by atoms with Gasteiger partial charge in [-0.25, -0.2) is 0 Å². The third kappa shape index (κ3) is 6.26. The smallest absolute Gasteiger partial charge is 0.0547 e. The fraction of sp³-hybridized carbons (Fsp3) is 0. The molecule has 0 aliphatic heterocycles. The van der Waals surface area contributed by atoms with Crippen molar-refractivity contribution < 1.29 is 0 Å². The highest BCUT2D eigenvalue weighted by atomic mass is 15.1. The van der Waals surface area contributed by atoms with E-state index in [1.165, 1.54) is 92.7 Å². The summed E-state index contributed by atoms with van der Waals surface area (Å²) in [7, 11) is 0. The van der Waals surface area contributed by atoms with Crippen LogP contribution in [0, 0.1) is 0 Å². The summed E-state index contributed by atoms with van der Waals surface area (Å²) in [6.07, 6.45) is 0. The van der Waals surface area contributed by atoms with Crippen LogP contribution in [0.15, 0.2) is 255 Å². The quantitative estimate of drug-likeness (QED) is 0.145. The van der Waals surface area contributed by atoms with Crippen LogP contribution in [0.4, 0.5) is 17.1 Å². The van der Waals surface area contributed by atoms with Gasteiger partial charge in [0.05, 0.1) is 11.0 Å². The van der Waals surface area contributed by atoms with E-state index in [1.54, 1.807) is 0 Å². The molecule has 0 aliphatic carbocycles. The van der Waals surface area contributed by atoms with Crippen molar-refractivity contribution in [3.05, 3.63) is 255 Å². The second-order valence-electron chi connectivity index (χ2n) is 17.3. The summed E-state index contributed by atoms with van der Waals surface area (Å²) in [5.74, 6) is 0. The number of benzene rings is 12. The summed E-state index contributed by atoms with van der Waals surface area (Å²) in [5.41, 5.74) is 14.0. The van der Waals surface area contributed by atoms with Crippen LogP contribution in [0.1, 0.15) is 0 Å². The Hall–Kier alpha value is -8.72. The van der Waals surface area contributed by atoms with Crippen LogP contribution in [0.2, 0.25) is 0 Å². The molecule has 0 spiro atoms. The molecule has 2 heteroatoms. The van der Waals surface area contributed by atoms with Crippen molar-refractivity contribution in [2.75, 3.05) is 4.90 Å². The van der Waals surface area contributed by atoms with Crippen LogP contribution < -0.4 is 4.90 Å². The standard InChI is InChI=1S/C64H42N2/c1-2-19-51(20-3-1)66-61-27-13-26-57(64(61)63-56-23-9-6-15-45(56)34-39-62(63)66)49-18-12-21-54(41-49)65(52-35-30-44(31-36-52)48-29-28-43-14-4-5-16-47(43)40-48)53-37-32-46(33-38-53)60-42-50-17-7-8-22-55(50)58-24-10-11-25-59(58)60/h1-42H. The maximum atomic E-state index is 2.42. The van der Waals surface area contributed by atoms with Crippen LogP contribution >= 0.6 is 0 Å². The zero-order valence-electron chi connectivity index (χ0n) is 36.1. The first-order chi connectivity index (χ1) is 32.7. The Morgan fingerprint density at radius 1 is 0.258 bits per heavy atom. The minimum atomic E-state index is 1.09. The van der Waals surface area contributed by atoms with Gasteiger partial charge >= 0.3 is 0 Å². The minimum absolute atomic E-state index is 1.09. The number of hydrogen-bond donors (Lipinski definition) is 0. The Balaban J connectivity index is 0.980. The first kappa shape index (κ1) is 37.8. The first-order valence-electron chi connectivity index (χ1n) is 22.7. The molecule has 0 N–H and O–H groups in total. The monoisotopic (exact) mass is 838 g/mol. The van der Waals surface area contributed by atoms with Crippen LogP contribution in [0.5, 0.6) is 0 Å². The SMILES string of the molecule is c1ccc(-n2c3cccc(-c4cccc(N(c5ccc(-c6ccc7ccccc7c6)cc5)c5ccc(-c6cc7ccccc7c7ccccc67)cc5)c4)c3c3c4ccccc4ccc32)cc1. The molecule has 1 heterocycles. The third-order valence-corrected chi connectivity index (χ3v) is 13.5.